The Morgan fingerprint density at radius 3 is 2.36 bits per heavy atom. The summed E-state index contributed by atoms with van der Waals surface area (Å²) in [7, 11) is 0. The Hall–Kier alpha value is -1.56. The molecule has 2 aromatic carbocycles. The first-order chi connectivity index (χ1) is 12.1. The number of piperazine rings is 1. The van der Waals surface area contributed by atoms with E-state index < -0.39 is 0 Å². The molecule has 1 atom stereocenters. The fourth-order valence-electron chi connectivity index (χ4n) is 3.16. The van der Waals surface area contributed by atoms with Crippen LogP contribution in [-0.4, -0.2) is 49.7 Å². The van der Waals surface area contributed by atoms with Gasteiger partial charge in [0.15, 0.2) is 0 Å². The lowest BCUT2D eigenvalue weighted by molar-refractivity contribution is -0.903. The molecule has 1 aliphatic rings. The Morgan fingerprint density at radius 2 is 1.72 bits per heavy atom. The molecule has 0 aliphatic carbocycles. The quantitative estimate of drug-likeness (QED) is 0.771. The van der Waals surface area contributed by atoms with Gasteiger partial charge in [-0.3, -0.25) is 0 Å². The molecule has 2 aromatic rings. The van der Waals surface area contributed by atoms with Gasteiger partial charge in [0, 0.05) is 16.3 Å². The summed E-state index contributed by atoms with van der Waals surface area (Å²) in [6, 6.07) is 15.1. The third-order valence-electron chi connectivity index (χ3n) is 4.65. The summed E-state index contributed by atoms with van der Waals surface area (Å²) >= 11 is 1.72. The number of benzene rings is 2. The molecule has 3 nitrogen and oxygen atoms in total. The van der Waals surface area contributed by atoms with Gasteiger partial charge in [-0.1, -0.05) is 17.7 Å². The third kappa shape index (κ3) is 5.46. The van der Waals surface area contributed by atoms with Gasteiger partial charge >= 0.3 is 0 Å². The molecule has 134 valence electrons. The van der Waals surface area contributed by atoms with E-state index in [1.807, 2.05) is 12.1 Å². The number of thioether (sulfide) groups is 1. The normalized spacial score (nSPS) is 16.8. The number of hydrogen-bond acceptors (Lipinski definition) is 3. The number of aliphatic hydroxyl groups excluding tert-OH is 1. The summed E-state index contributed by atoms with van der Waals surface area (Å²) < 4.78 is 13.0. The van der Waals surface area contributed by atoms with E-state index in [0.717, 1.165) is 44.2 Å². The third-order valence-corrected chi connectivity index (χ3v) is 5.81. The molecule has 0 amide bonds. The maximum Gasteiger partial charge on any atom is 0.123 e. The summed E-state index contributed by atoms with van der Waals surface area (Å²) in [6.07, 6.45) is -0.293. The predicted octanol–water partition coefficient (Wildman–Crippen LogP) is 1.99. The molecule has 0 bridgehead atoms. The fourth-order valence-corrected chi connectivity index (χ4v) is 3.99. The van der Waals surface area contributed by atoms with Gasteiger partial charge < -0.3 is 14.9 Å². The van der Waals surface area contributed by atoms with Gasteiger partial charge in [-0.25, -0.2) is 4.39 Å². The van der Waals surface area contributed by atoms with Crippen LogP contribution in [0.1, 0.15) is 5.56 Å². The second-order valence-electron chi connectivity index (χ2n) is 6.70. The van der Waals surface area contributed by atoms with Gasteiger partial charge in [0.1, 0.15) is 18.5 Å². The van der Waals surface area contributed by atoms with E-state index in [1.165, 1.54) is 27.5 Å². The van der Waals surface area contributed by atoms with E-state index in [2.05, 4.69) is 36.1 Å². The summed E-state index contributed by atoms with van der Waals surface area (Å²) in [6.45, 7) is 6.76. The topological polar surface area (TPSA) is 27.9 Å². The molecule has 3 rings (SSSR count). The highest BCUT2D eigenvalue weighted by Crippen LogP contribution is 2.19. The number of anilines is 1. The average Bonchev–Trinajstić information content (AvgIpc) is 2.63. The van der Waals surface area contributed by atoms with Crippen LogP contribution in [0.5, 0.6) is 0 Å². The van der Waals surface area contributed by atoms with Crippen LogP contribution >= 0.6 is 11.8 Å². The molecule has 2 N–H and O–H groups in total. The van der Waals surface area contributed by atoms with Crippen molar-refractivity contribution in [3.8, 4) is 0 Å². The molecule has 0 saturated carbocycles. The summed E-state index contributed by atoms with van der Waals surface area (Å²) in [5, 5.41) is 10.3. The van der Waals surface area contributed by atoms with Crippen LogP contribution in [0, 0.1) is 12.7 Å². The summed E-state index contributed by atoms with van der Waals surface area (Å²) in [4.78, 5) is 4.94. The second-order valence-corrected chi connectivity index (χ2v) is 7.79. The number of nitrogens with zero attached hydrogens (tertiary/aromatic N) is 1. The van der Waals surface area contributed by atoms with Crippen LogP contribution in [-0.2, 0) is 0 Å². The van der Waals surface area contributed by atoms with Crippen LogP contribution in [0.3, 0.4) is 0 Å². The van der Waals surface area contributed by atoms with Crippen molar-refractivity contribution in [3.05, 3.63) is 59.9 Å². The van der Waals surface area contributed by atoms with Crippen molar-refractivity contribution in [2.75, 3.05) is 43.4 Å². The number of rotatable bonds is 6. The zero-order valence-electron chi connectivity index (χ0n) is 14.6. The minimum absolute atomic E-state index is 0.192. The molecule has 1 saturated heterocycles. The van der Waals surface area contributed by atoms with Crippen molar-refractivity contribution >= 4 is 17.4 Å². The van der Waals surface area contributed by atoms with Gasteiger partial charge in [-0.15, -0.1) is 11.8 Å². The average molecular weight is 362 g/mol. The van der Waals surface area contributed by atoms with E-state index in [1.54, 1.807) is 11.8 Å². The molecule has 0 spiro atoms. The smallest absolute Gasteiger partial charge is 0.123 e. The SMILES string of the molecule is Cc1ccc(SC[C@@H](O)C[NH+]2CCN(c3ccc(F)cc3)CC2)cc1. The summed E-state index contributed by atoms with van der Waals surface area (Å²) in [5.41, 5.74) is 2.34. The highest BCUT2D eigenvalue weighted by atomic mass is 32.2. The predicted molar refractivity (Wildman–Crippen MR) is 102 cm³/mol. The molecule has 1 heterocycles. The Bertz CT molecular complexity index is 654. The van der Waals surface area contributed by atoms with Crippen LogP contribution in [0.15, 0.2) is 53.4 Å². The Kier molecular flexibility index (Phi) is 6.34. The maximum atomic E-state index is 13.0. The van der Waals surface area contributed by atoms with Gasteiger partial charge in [0.05, 0.1) is 26.2 Å². The first-order valence-electron chi connectivity index (χ1n) is 8.82. The lowest BCUT2D eigenvalue weighted by Gasteiger charge is -2.34. The van der Waals surface area contributed by atoms with Crippen molar-refractivity contribution in [3.63, 3.8) is 0 Å². The largest absolute Gasteiger partial charge is 0.386 e. The second kappa shape index (κ2) is 8.70. The molecule has 5 heteroatoms. The van der Waals surface area contributed by atoms with Crippen molar-refractivity contribution in [2.24, 2.45) is 0 Å². The van der Waals surface area contributed by atoms with Gasteiger partial charge in [-0.05, 0) is 43.3 Å². The Balaban J connectivity index is 1.40. The zero-order chi connectivity index (χ0) is 17.6. The van der Waals surface area contributed by atoms with Gasteiger partial charge in [0.25, 0.3) is 0 Å². The van der Waals surface area contributed by atoms with Crippen LogP contribution in [0.25, 0.3) is 0 Å². The van der Waals surface area contributed by atoms with E-state index in [4.69, 9.17) is 0 Å². The number of hydrogen-bond donors (Lipinski definition) is 2. The number of halogens is 1. The number of quaternary nitrogens is 1. The molecule has 0 radical (unpaired) electrons. The van der Waals surface area contributed by atoms with Gasteiger partial charge in [0.2, 0.25) is 0 Å². The van der Waals surface area contributed by atoms with Crippen molar-refractivity contribution < 1.29 is 14.4 Å². The number of nitrogens with one attached hydrogen (secondary N) is 1. The van der Waals surface area contributed by atoms with Crippen molar-refractivity contribution in [1.29, 1.82) is 0 Å². The van der Waals surface area contributed by atoms with Crippen molar-refractivity contribution in [2.45, 2.75) is 17.9 Å². The molecule has 1 aliphatic heterocycles. The standard InChI is InChI=1S/C20H25FN2OS/c1-16-2-8-20(9-3-16)25-15-19(24)14-22-10-12-23(13-11-22)18-6-4-17(21)5-7-18/h2-9,19,24H,10-15H2,1H3/p+1/t19-/m0/s1. The molecule has 25 heavy (non-hydrogen) atoms. The zero-order valence-corrected chi connectivity index (χ0v) is 15.4. The highest BCUT2D eigenvalue weighted by molar-refractivity contribution is 7.99. The van der Waals surface area contributed by atoms with Crippen LogP contribution < -0.4 is 9.80 Å². The van der Waals surface area contributed by atoms with E-state index in [0.29, 0.717) is 0 Å². The maximum absolute atomic E-state index is 13.0. The Morgan fingerprint density at radius 1 is 1.08 bits per heavy atom. The monoisotopic (exact) mass is 361 g/mol. The molecule has 0 aromatic heterocycles. The molecule has 1 fully saturated rings. The number of aryl methyl sites for hydroxylation is 1. The lowest BCUT2D eigenvalue weighted by atomic mass is 10.2. The van der Waals surface area contributed by atoms with Crippen LogP contribution in [0.2, 0.25) is 0 Å². The fraction of sp³-hybridized carbons (Fsp3) is 0.400. The minimum Gasteiger partial charge on any atom is -0.386 e. The van der Waals surface area contributed by atoms with E-state index in [9.17, 15) is 9.50 Å². The molecular weight excluding hydrogens is 335 g/mol. The van der Waals surface area contributed by atoms with E-state index >= 15 is 0 Å². The summed E-state index contributed by atoms with van der Waals surface area (Å²) in [5.74, 6) is 0.538. The first kappa shape index (κ1) is 18.2. The van der Waals surface area contributed by atoms with Crippen molar-refractivity contribution in [1.82, 2.24) is 0 Å². The van der Waals surface area contributed by atoms with Crippen LogP contribution in [0.4, 0.5) is 10.1 Å². The highest BCUT2D eigenvalue weighted by Gasteiger charge is 2.22. The first-order valence-corrected chi connectivity index (χ1v) is 9.80. The lowest BCUT2D eigenvalue weighted by Crippen LogP contribution is -3.15. The Labute approximate surface area is 153 Å². The van der Waals surface area contributed by atoms with Gasteiger partial charge in [-0.2, -0.15) is 0 Å². The minimum atomic E-state index is -0.293. The molecular formula is C20H26FN2OS+. The van der Waals surface area contributed by atoms with E-state index in [-0.39, 0.29) is 11.9 Å². The molecule has 0 unspecified atom stereocenters. The number of aliphatic hydroxyl groups is 1.